The molecular weight excluding hydrogens is 262 g/mol. The van der Waals surface area contributed by atoms with E-state index in [0.717, 1.165) is 5.56 Å². The average Bonchev–Trinajstić information content (AvgIpc) is 2.37. The van der Waals surface area contributed by atoms with Crippen LogP contribution in [-0.4, -0.2) is 31.6 Å². The summed E-state index contributed by atoms with van der Waals surface area (Å²) in [5.41, 5.74) is 3.55. The number of para-hydroxylation sites is 1. The van der Waals surface area contributed by atoms with Crippen LogP contribution in [0, 0.1) is 0 Å². The van der Waals surface area contributed by atoms with Crippen LogP contribution in [0.15, 0.2) is 23.3 Å². The number of rotatable bonds is 5. The first-order valence-corrected chi connectivity index (χ1v) is 6.29. The first-order valence-electron chi connectivity index (χ1n) is 5.89. The maximum Gasteiger partial charge on any atom is 0.187 e. The summed E-state index contributed by atoms with van der Waals surface area (Å²) >= 11 is 5.06. The Balaban J connectivity index is 2.74. The molecule has 0 unspecified atom stereocenters. The van der Waals surface area contributed by atoms with E-state index < -0.39 is 0 Å². The second-order valence-electron chi connectivity index (χ2n) is 4.08. The molecule has 2 N–H and O–H groups in total. The lowest BCUT2D eigenvalue weighted by Gasteiger charge is -2.11. The van der Waals surface area contributed by atoms with Crippen molar-refractivity contribution in [3.05, 3.63) is 23.8 Å². The summed E-state index contributed by atoms with van der Waals surface area (Å²) in [7, 11) is 3.19. The molecule has 1 aromatic carbocycles. The van der Waals surface area contributed by atoms with Crippen molar-refractivity contribution >= 4 is 23.5 Å². The number of hydrogen-bond acceptors (Lipinski definition) is 4. The fourth-order valence-electron chi connectivity index (χ4n) is 1.47. The molecule has 6 heteroatoms. The zero-order chi connectivity index (χ0) is 14.3. The van der Waals surface area contributed by atoms with Crippen LogP contribution in [0.2, 0.25) is 0 Å². The Bertz CT molecular complexity index is 461. The van der Waals surface area contributed by atoms with E-state index in [0.29, 0.717) is 16.6 Å². The molecule has 0 bridgehead atoms. The number of hydrazone groups is 1. The molecule has 0 atom stereocenters. The van der Waals surface area contributed by atoms with E-state index in [4.69, 9.17) is 21.7 Å². The topological polar surface area (TPSA) is 54.9 Å². The Hall–Kier alpha value is -1.82. The normalized spacial score (nSPS) is 10.6. The average molecular weight is 281 g/mol. The van der Waals surface area contributed by atoms with Crippen molar-refractivity contribution in [1.82, 2.24) is 10.7 Å². The standard InChI is InChI=1S/C13H19N3O2S/c1-9(2)15-13(19)16-14-8-10-6-5-7-11(17-3)12(10)18-4/h5-9H,1-4H3,(H2,15,16,19)/b14-8-. The van der Waals surface area contributed by atoms with Gasteiger partial charge in [0.05, 0.1) is 20.4 Å². The highest BCUT2D eigenvalue weighted by molar-refractivity contribution is 7.80. The number of nitrogens with zero attached hydrogens (tertiary/aromatic N) is 1. The highest BCUT2D eigenvalue weighted by Crippen LogP contribution is 2.29. The third-order valence-electron chi connectivity index (χ3n) is 2.22. The molecule has 0 aliphatic heterocycles. The van der Waals surface area contributed by atoms with Crippen molar-refractivity contribution in [2.75, 3.05) is 14.2 Å². The molecule has 0 aliphatic carbocycles. The smallest absolute Gasteiger partial charge is 0.187 e. The first-order chi connectivity index (χ1) is 9.08. The molecule has 0 fully saturated rings. The van der Waals surface area contributed by atoms with Crippen LogP contribution >= 0.6 is 12.2 Å². The summed E-state index contributed by atoms with van der Waals surface area (Å²) in [6.45, 7) is 4.01. The molecular formula is C13H19N3O2S. The van der Waals surface area contributed by atoms with Gasteiger partial charge in [0, 0.05) is 11.6 Å². The van der Waals surface area contributed by atoms with Crippen molar-refractivity contribution in [2.45, 2.75) is 19.9 Å². The SMILES string of the molecule is COc1cccc(/C=N\NC(=S)NC(C)C)c1OC. The molecule has 1 rings (SSSR count). The molecule has 19 heavy (non-hydrogen) atoms. The van der Waals surface area contributed by atoms with Gasteiger partial charge in [0.15, 0.2) is 16.6 Å². The Labute approximate surface area is 119 Å². The summed E-state index contributed by atoms with van der Waals surface area (Å²) in [5, 5.41) is 7.57. The molecule has 0 aliphatic rings. The molecule has 0 aromatic heterocycles. The van der Waals surface area contributed by atoms with Crippen LogP contribution in [0.25, 0.3) is 0 Å². The lowest BCUT2D eigenvalue weighted by atomic mass is 10.2. The molecule has 104 valence electrons. The minimum absolute atomic E-state index is 0.265. The molecule has 1 aromatic rings. The minimum Gasteiger partial charge on any atom is -0.493 e. The lowest BCUT2D eigenvalue weighted by molar-refractivity contribution is 0.354. The van der Waals surface area contributed by atoms with Crippen molar-refractivity contribution in [2.24, 2.45) is 5.10 Å². The van der Waals surface area contributed by atoms with E-state index >= 15 is 0 Å². The molecule has 0 radical (unpaired) electrons. The molecule has 0 saturated carbocycles. The molecule has 0 heterocycles. The number of nitrogens with one attached hydrogen (secondary N) is 2. The van der Waals surface area contributed by atoms with Crippen LogP contribution < -0.4 is 20.2 Å². The second kappa shape index (κ2) is 7.58. The van der Waals surface area contributed by atoms with Gasteiger partial charge in [0.2, 0.25) is 0 Å². The van der Waals surface area contributed by atoms with E-state index in [1.165, 1.54) is 0 Å². The Kier molecular flexibility index (Phi) is 6.08. The first kappa shape index (κ1) is 15.2. The summed E-state index contributed by atoms with van der Waals surface area (Å²) < 4.78 is 10.5. The van der Waals surface area contributed by atoms with Gasteiger partial charge >= 0.3 is 0 Å². The Morgan fingerprint density at radius 3 is 2.63 bits per heavy atom. The number of thiocarbonyl (C=S) groups is 1. The van der Waals surface area contributed by atoms with E-state index in [2.05, 4.69) is 15.8 Å². The third-order valence-corrected chi connectivity index (χ3v) is 2.43. The third kappa shape index (κ3) is 4.75. The van der Waals surface area contributed by atoms with Gasteiger partial charge in [0.25, 0.3) is 0 Å². The summed E-state index contributed by atoms with van der Waals surface area (Å²) in [5.74, 6) is 1.30. The van der Waals surface area contributed by atoms with E-state index in [1.54, 1.807) is 20.4 Å². The summed E-state index contributed by atoms with van der Waals surface area (Å²) in [4.78, 5) is 0. The highest BCUT2D eigenvalue weighted by atomic mass is 32.1. The van der Waals surface area contributed by atoms with E-state index in [1.807, 2.05) is 32.0 Å². The summed E-state index contributed by atoms with van der Waals surface area (Å²) in [6.07, 6.45) is 1.63. The largest absolute Gasteiger partial charge is 0.493 e. The fourth-order valence-corrected chi connectivity index (χ4v) is 1.76. The molecule has 0 saturated heterocycles. The predicted molar refractivity (Wildman–Crippen MR) is 81.1 cm³/mol. The van der Waals surface area contributed by atoms with Crippen molar-refractivity contribution in [1.29, 1.82) is 0 Å². The van der Waals surface area contributed by atoms with Gasteiger partial charge in [-0.05, 0) is 38.2 Å². The van der Waals surface area contributed by atoms with Crippen LogP contribution in [0.5, 0.6) is 11.5 Å². The van der Waals surface area contributed by atoms with Crippen molar-refractivity contribution in [3.63, 3.8) is 0 Å². The number of ether oxygens (including phenoxy) is 2. The maximum absolute atomic E-state index is 5.30. The van der Waals surface area contributed by atoms with E-state index in [-0.39, 0.29) is 6.04 Å². The predicted octanol–water partition coefficient (Wildman–Crippen LogP) is 1.91. The molecule has 0 amide bonds. The van der Waals surface area contributed by atoms with Crippen LogP contribution in [0.1, 0.15) is 19.4 Å². The van der Waals surface area contributed by atoms with Gasteiger partial charge in [-0.15, -0.1) is 0 Å². The summed E-state index contributed by atoms with van der Waals surface area (Å²) in [6, 6.07) is 5.84. The number of hydrogen-bond donors (Lipinski definition) is 2. The van der Waals surface area contributed by atoms with Gasteiger partial charge < -0.3 is 14.8 Å². The highest BCUT2D eigenvalue weighted by Gasteiger charge is 2.07. The van der Waals surface area contributed by atoms with Crippen molar-refractivity contribution < 1.29 is 9.47 Å². The zero-order valence-corrected chi connectivity index (χ0v) is 12.4. The number of benzene rings is 1. The van der Waals surface area contributed by atoms with Crippen molar-refractivity contribution in [3.8, 4) is 11.5 Å². The van der Waals surface area contributed by atoms with Gasteiger partial charge in [0.1, 0.15) is 0 Å². The second-order valence-corrected chi connectivity index (χ2v) is 4.49. The monoisotopic (exact) mass is 281 g/mol. The van der Waals surface area contributed by atoms with E-state index in [9.17, 15) is 0 Å². The Morgan fingerprint density at radius 2 is 2.05 bits per heavy atom. The maximum atomic E-state index is 5.30. The number of methoxy groups -OCH3 is 2. The van der Waals surface area contributed by atoms with Gasteiger partial charge in [-0.25, -0.2) is 0 Å². The zero-order valence-electron chi connectivity index (χ0n) is 11.6. The minimum atomic E-state index is 0.265. The lowest BCUT2D eigenvalue weighted by Crippen LogP contribution is -2.36. The molecule has 5 nitrogen and oxygen atoms in total. The van der Waals surface area contributed by atoms with Crippen LogP contribution in [-0.2, 0) is 0 Å². The van der Waals surface area contributed by atoms with Gasteiger partial charge in [-0.2, -0.15) is 5.10 Å². The van der Waals surface area contributed by atoms with Gasteiger partial charge in [-0.1, -0.05) is 6.07 Å². The van der Waals surface area contributed by atoms with Crippen LogP contribution in [0.4, 0.5) is 0 Å². The fraction of sp³-hybridized carbons (Fsp3) is 0.385. The van der Waals surface area contributed by atoms with Gasteiger partial charge in [-0.3, -0.25) is 5.43 Å². The van der Waals surface area contributed by atoms with Crippen LogP contribution in [0.3, 0.4) is 0 Å². The quantitative estimate of drug-likeness (QED) is 0.490. The molecule has 0 spiro atoms. The Morgan fingerprint density at radius 1 is 1.32 bits per heavy atom.